The third kappa shape index (κ3) is 5.82. The SMILES string of the molecule is Cc1cc(CN2CCOCC2)ccc1-c1nc(C)c(C)c(NCCCN2CCCC2)n1. The van der Waals surface area contributed by atoms with Crippen LogP contribution in [0, 0.1) is 20.8 Å². The summed E-state index contributed by atoms with van der Waals surface area (Å²) in [6, 6.07) is 6.69. The van der Waals surface area contributed by atoms with Crippen LogP contribution in [0.3, 0.4) is 0 Å². The van der Waals surface area contributed by atoms with Crippen LogP contribution in [-0.2, 0) is 11.3 Å². The molecule has 2 aliphatic rings. The molecule has 2 aromatic rings. The number of benzene rings is 1. The lowest BCUT2D eigenvalue weighted by Crippen LogP contribution is -2.35. The molecule has 0 atom stereocenters. The predicted octanol–water partition coefficient (Wildman–Crippen LogP) is 3.80. The first-order valence-corrected chi connectivity index (χ1v) is 11.8. The Morgan fingerprint density at radius 2 is 1.74 bits per heavy atom. The molecule has 0 saturated carbocycles. The number of nitrogens with zero attached hydrogens (tertiary/aromatic N) is 4. The highest BCUT2D eigenvalue weighted by Gasteiger charge is 2.15. The lowest BCUT2D eigenvalue weighted by atomic mass is 10.0. The van der Waals surface area contributed by atoms with Crippen LogP contribution in [0.1, 0.15) is 41.6 Å². The van der Waals surface area contributed by atoms with E-state index in [9.17, 15) is 0 Å². The van der Waals surface area contributed by atoms with Crippen LogP contribution in [0.2, 0.25) is 0 Å². The van der Waals surface area contributed by atoms with Crippen molar-refractivity contribution < 1.29 is 4.74 Å². The number of morpholine rings is 1. The number of aryl methyl sites for hydroxylation is 2. The number of hydrogen-bond acceptors (Lipinski definition) is 6. The summed E-state index contributed by atoms with van der Waals surface area (Å²) < 4.78 is 5.46. The van der Waals surface area contributed by atoms with Gasteiger partial charge < -0.3 is 15.0 Å². The zero-order valence-corrected chi connectivity index (χ0v) is 19.4. The highest BCUT2D eigenvalue weighted by Crippen LogP contribution is 2.26. The van der Waals surface area contributed by atoms with Gasteiger partial charge in [0.15, 0.2) is 5.82 Å². The number of likely N-dealkylation sites (tertiary alicyclic amines) is 1. The van der Waals surface area contributed by atoms with E-state index in [-0.39, 0.29) is 0 Å². The molecule has 2 aliphatic heterocycles. The van der Waals surface area contributed by atoms with Crippen molar-refractivity contribution in [1.82, 2.24) is 19.8 Å². The van der Waals surface area contributed by atoms with Gasteiger partial charge in [-0.05, 0) is 70.8 Å². The molecule has 1 aromatic heterocycles. The molecule has 0 bridgehead atoms. The molecule has 0 aliphatic carbocycles. The fraction of sp³-hybridized carbons (Fsp3) is 0.600. The molecule has 3 heterocycles. The zero-order valence-electron chi connectivity index (χ0n) is 19.4. The number of rotatable bonds is 8. The Morgan fingerprint density at radius 3 is 2.48 bits per heavy atom. The summed E-state index contributed by atoms with van der Waals surface area (Å²) in [4.78, 5) is 14.7. The van der Waals surface area contributed by atoms with E-state index < -0.39 is 0 Å². The van der Waals surface area contributed by atoms with E-state index >= 15 is 0 Å². The molecular formula is C25H37N5O. The molecule has 2 fully saturated rings. The van der Waals surface area contributed by atoms with Crippen molar-refractivity contribution in [3.05, 3.63) is 40.6 Å². The summed E-state index contributed by atoms with van der Waals surface area (Å²) in [7, 11) is 0. The first kappa shape index (κ1) is 22.2. The van der Waals surface area contributed by atoms with E-state index in [4.69, 9.17) is 14.7 Å². The fourth-order valence-electron chi connectivity index (χ4n) is 4.53. The molecule has 4 rings (SSSR count). The maximum atomic E-state index is 5.46. The van der Waals surface area contributed by atoms with E-state index in [0.717, 1.165) is 74.3 Å². The fourth-order valence-corrected chi connectivity index (χ4v) is 4.53. The number of anilines is 1. The Balaban J connectivity index is 1.43. The second kappa shape index (κ2) is 10.5. The Labute approximate surface area is 187 Å². The van der Waals surface area contributed by atoms with Gasteiger partial charge in [-0.2, -0.15) is 0 Å². The highest BCUT2D eigenvalue weighted by atomic mass is 16.5. The third-order valence-corrected chi connectivity index (χ3v) is 6.57. The smallest absolute Gasteiger partial charge is 0.162 e. The van der Waals surface area contributed by atoms with Crippen molar-refractivity contribution in [3.8, 4) is 11.4 Å². The minimum atomic E-state index is 0.820. The minimum Gasteiger partial charge on any atom is -0.379 e. The van der Waals surface area contributed by atoms with Gasteiger partial charge in [-0.3, -0.25) is 4.90 Å². The first-order chi connectivity index (χ1) is 15.1. The van der Waals surface area contributed by atoms with Gasteiger partial charge in [0.2, 0.25) is 0 Å². The van der Waals surface area contributed by atoms with Crippen molar-refractivity contribution >= 4 is 5.82 Å². The standard InChI is InChI=1S/C25H37N5O/c1-19-17-22(18-30-13-15-31-16-14-30)7-8-23(19)25-27-21(3)20(2)24(28-25)26-9-6-12-29-10-4-5-11-29/h7-8,17H,4-6,9-16,18H2,1-3H3,(H,26,27,28). The Kier molecular flexibility index (Phi) is 7.54. The summed E-state index contributed by atoms with van der Waals surface area (Å²) in [5.74, 6) is 1.79. The molecule has 0 amide bonds. The molecule has 0 unspecified atom stereocenters. The monoisotopic (exact) mass is 423 g/mol. The maximum Gasteiger partial charge on any atom is 0.162 e. The molecule has 0 spiro atoms. The van der Waals surface area contributed by atoms with Gasteiger partial charge in [-0.1, -0.05) is 18.2 Å². The zero-order chi connectivity index (χ0) is 21.6. The van der Waals surface area contributed by atoms with Crippen molar-refractivity contribution in [2.45, 2.75) is 46.6 Å². The molecule has 1 N–H and O–H groups in total. The van der Waals surface area contributed by atoms with E-state index in [1.807, 2.05) is 0 Å². The maximum absolute atomic E-state index is 5.46. The van der Waals surface area contributed by atoms with Crippen LogP contribution >= 0.6 is 0 Å². The summed E-state index contributed by atoms with van der Waals surface area (Å²) in [6.07, 6.45) is 3.85. The number of aromatic nitrogens is 2. The molecule has 168 valence electrons. The summed E-state index contributed by atoms with van der Waals surface area (Å²) >= 11 is 0. The van der Waals surface area contributed by atoms with Gasteiger partial charge in [0.1, 0.15) is 5.82 Å². The molecule has 0 radical (unpaired) electrons. The van der Waals surface area contributed by atoms with E-state index in [1.54, 1.807) is 0 Å². The molecular weight excluding hydrogens is 386 g/mol. The van der Waals surface area contributed by atoms with Crippen LogP contribution in [0.5, 0.6) is 0 Å². The number of ether oxygens (including phenoxy) is 1. The van der Waals surface area contributed by atoms with Gasteiger partial charge in [0.05, 0.1) is 13.2 Å². The van der Waals surface area contributed by atoms with E-state index in [0.29, 0.717) is 0 Å². The van der Waals surface area contributed by atoms with Crippen molar-refractivity contribution in [2.75, 3.05) is 57.8 Å². The lowest BCUT2D eigenvalue weighted by molar-refractivity contribution is 0.0342. The molecule has 31 heavy (non-hydrogen) atoms. The number of hydrogen-bond donors (Lipinski definition) is 1. The molecule has 6 heteroatoms. The molecule has 2 saturated heterocycles. The van der Waals surface area contributed by atoms with Crippen LogP contribution in [0.25, 0.3) is 11.4 Å². The van der Waals surface area contributed by atoms with Crippen molar-refractivity contribution in [1.29, 1.82) is 0 Å². The Hall–Kier alpha value is -2.02. The number of nitrogens with one attached hydrogen (secondary N) is 1. The van der Waals surface area contributed by atoms with Crippen LogP contribution < -0.4 is 5.32 Å². The van der Waals surface area contributed by atoms with Gasteiger partial charge in [-0.25, -0.2) is 9.97 Å². The summed E-state index contributed by atoms with van der Waals surface area (Å²) in [5.41, 5.74) is 5.88. The quantitative estimate of drug-likeness (QED) is 0.652. The topological polar surface area (TPSA) is 53.5 Å². The second-order valence-corrected chi connectivity index (χ2v) is 8.97. The van der Waals surface area contributed by atoms with E-state index in [2.05, 4.69) is 54.1 Å². The van der Waals surface area contributed by atoms with Crippen molar-refractivity contribution in [3.63, 3.8) is 0 Å². The third-order valence-electron chi connectivity index (χ3n) is 6.57. The van der Waals surface area contributed by atoms with Gasteiger partial charge >= 0.3 is 0 Å². The van der Waals surface area contributed by atoms with Crippen LogP contribution in [0.15, 0.2) is 18.2 Å². The second-order valence-electron chi connectivity index (χ2n) is 8.97. The van der Waals surface area contributed by atoms with Crippen molar-refractivity contribution in [2.24, 2.45) is 0 Å². The lowest BCUT2D eigenvalue weighted by Gasteiger charge is -2.26. The normalized spacial score (nSPS) is 17.9. The van der Waals surface area contributed by atoms with Gasteiger partial charge in [-0.15, -0.1) is 0 Å². The minimum absolute atomic E-state index is 0.820. The van der Waals surface area contributed by atoms with Crippen LogP contribution in [-0.4, -0.2) is 72.3 Å². The molecule has 1 aromatic carbocycles. The average molecular weight is 424 g/mol. The Bertz CT molecular complexity index is 872. The summed E-state index contributed by atoms with van der Waals surface area (Å²) in [5, 5.41) is 3.58. The highest BCUT2D eigenvalue weighted by molar-refractivity contribution is 5.63. The summed E-state index contributed by atoms with van der Waals surface area (Å²) in [6.45, 7) is 15.7. The van der Waals surface area contributed by atoms with E-state index in [1.165, 1.54) is 43.6 Å². The average Bonchev–Trinajstić information content (AvgIpc) is 3.28. The predicted molar refractivity (Wildman–Crippen MR) is 127 cm³/mol. The van der Waals surface area contributed by atoms with Gasteiger partial charge in [0.25, 0.3) is 0 Å². The Morgan fingerprint density at radius 1 is 0.968 bits per heavy atom. The largest absolute Gasteiger partial charge is 0.379 e. The first-order valence-electron chi connectivity index (χ1n) is 11.8. The van der Waals surface area contributed by atoms with Gasteiger partial charge in [0, 0.05) is 43.0 Å². The van der Waals surface area contributed by atoms with Crippen LogP contribution in [0.4, 0.5) is 5.82 Å². The molecule has 6 nitrogen and oxygen atoms in total.